The standard InChI is InChI=1S/C26H24ClN3O3/c1-4-33-22-15-13-21(14-16-22)30-25(31)23(17-5-7-18(27)8-6-17)24(26(30)32)28-19-9-11-20(12-10-19)29(2)3/h5-16,28H,4H2,1-3H3. The third kappa shape index (κ3) is 4.56. The fraction of sp³-hybridized carbons (Fsp3) is 0.154. The van der Waals surface area contributed by atoms with Crippen molar-refractivity contribution in [1.82, 2.24) is 0 Å². The van der Waals surface area contributed by atoms with Crippen molar-refractivity contribution in [3.63, 3.8) is 0 Å². The molecule has 3 aromatic carbocycles. The average Bonchev–Trinajstić information content (AvgIpc) is 3.05. The molecule has 1 aliphatic rings. The normalized spacial score (nSPS) is 13.5. The molecule has 1 heterocycles. The fourth-order valence-corrected chi connectivity index (χ4v) is 3.74. The van der Waals surface area contributed by atoms with Crippen molar-refractivity contribution in [3.05, 3.63) is 89.1 Å². The summed E-state index contributed by atoms with van der Waals surface area (Å²) in [4.78, 5) is 30.1. The fourth-order valence-electron chi connectivity index (χ4n) is 3.61. The van der Waals surface area contributed by atoms with Gasteiger partial charge in [0.05, 0.1) is 17.9 Å². The lowest BCUT2D eigenvalue weighted by Gasteiger charge is -2.16. The lowest BCUT2D eigenvalue weighted by Crippen LogP contribution is -2.32. The van der Waals surface area contributed by atoms with Crippen LogP contribution in [0.1, 0.15) is 12.5 Å². The highest BCUT2D eigenvalue weighted by molar-refractivity contribution is 6.46. The van der Waals surface area contributed by atoms with Crippen LogP contribution in [-0.2, 0) is 9.59 Å². The molecule has 0 fully saturated rings. The number of benzene rings is 3. The molecule has 0 atom stereocenters. The van der Waals surface area contributed by atoms with Crippen LogP contribution >= 0.6 is 11.6 Å². The van der Waals surface area contributed by atoms with Crippen molar-refractivity contribution < 1.29 is 14.3 Å². The highest BCUT2D eigenvalue weighted by Gasteiger charge is 2.40. The second kappa shape index (κ2) is 9.38. The van der Waals surface area contributed by atoms with Crippen LogP contribution < -0.4 is 19.9 Å². The summed E-state index contributed by atoms with van der Waals surface area (Å²) in [6.07, 6.45) is 0. The first-order valence-corrected chi connectivity index (χ1v) is 10.9. The number of carbonyl (C=O) groups excluding carboxylic acids is 2. The Morgan fingerprint density at radius 2 is 1.52 bits per heavy atom. The summed E-state index contributed by atoms with van der Waals surface area (Å²) < 4.78 is 5.48. The van der Waals surface area contributed by atoms with Gasteiger partial charge in [-0.2, -0.15) is 0 Å². The van der Waals surface area contributed by atoms with Crippen LogP contribution in [0.15, 0.2) is 78.5 Å². The monoisotopic (exact) mass is 461 g/mol. The topological polar surface area (TPSA) is 61.9 Å². The highest BCUT2D eigenvalue weighted by atomic mass is 35.5. The summed E-state index contributed by atoms with van der Waals surface area (Å²) >= 11 is 6.05. The molecule has 0 bridgehead atoms. The molecule has 33 heavy (non-hydrogen) atoms. The zero-order chi connectivity index (χ0) is 23.5. The van der Waals surface area contributed by atoms with Gasteiger partial charge in [-0.15, -0.1) is 0 Å². The van der Waals surface area contributed by atoms with Crippen LogP contribution in [0.25, 0.3) is 5.57 Å². The molecule has 4 rings (SSSR count). The first-order chi connectivity index (χ1) is 15.9. The van der Waals surface area contributed by atoms with Crippen molar-refractivity contribution >= 4 is 46.1 Å². The van der Waals surface area contributed by atoms with Crippen molar-refractivity contribution in [2.24, 2.45) is 0 Å². The molecule has 0 spiro atoms. The Labute approximate surface area is 198 Å². The molecule has 0 saturated heterocycles. The minimum Gasteiger partial charge on any atom is -0.494 e. The van der Waals surface area contributed by atoms with Crippen LogP contribution in [0.5, 0.6) is 5.75 Å². The van der Waals surface area contributed by atoms with E-state index in [0.29, 0.717) is 39.9 Å². The van der Waals surface area contributed by atoms with E-state index in [0.717, 1.165) is 5.69 Å². The molecule has 1 N–H and O–H groups in total. The van der Waals surface area contributed by atoms with E-state index in [1.165, 1.54) is 4.90 Å². The Hall–Kier alpha value is -3.77. The van der Waals surface area contributed by atoms with Gasteiger partial charge in [-0.05, 0) is 73.2 Å². The third-order valence-corrected chi connectivity index (χ3v) is 5.53. The van der Waals surface area contributed by atoms with Crippen LogP contribution in [0.4, 0.5) is 17.1 Å². The minimum atomic E-state index is -0.425. The number of amides is 2. The minimum absolute atomic E-state index is 0.216. The van der Waals surface area contributed by atoms with Gasteiger partial charge >= 0.3 is 0 Å². The maximum atomic E-state index is 13.5. The molecule has 3 aromatic rings. The van der Waals surface area contributed by atoms with E-state index < -0.39 is 11.8 Å². The summed E-state index contributed by atoms with van der Waals surface area (Å²) in [7, 11) is 3.91. The molecule has 0 unspecified atom stereocenters. The Morgan fingerprint density at radius 3 is 2.09 bits per heavy atom. The first-order valence-electron chi connectivity index (χ1n) is 10.6. The number of anilines is 3. The molecule has 6 nitrogen and oxygen atoms in total. The smallest absolute Gasteiger partial charge is 0.282 e. The predicted octanol–water partition coefficient (Wildman–Crippen LogP) is 5.20. The van der Waals surface area contributed by atoms with Crippen LogP contribution in [0.2, 0.25) is 5.02 Å². The largest absolute Gasteiger partial charge is 0.494 e. The van der Waals surface area contributed by atoms with E-state index in [1.807, 2.05) is 50.2 Å². The van der Waals surface area contributed by atoms with E-state index in [2.05, 4.69) is 5.32 Å². The zero-order valence-corrected chi connectivity index (χ0v) is 19.4. The SMILES string of the molecule is CCOc1ccc(N2C(=O)C(Nc3ccc(N(C)C)cc3)=C(c3ccc(Cl)cc3)C2=O)cc1. The van der Waals surface area contributed by atoms with Gasteiger partial charge in [-0.25, -0.2) is 4.90 Å². The number of hydrogen-bond donors (Lipinski definition) is 1. The molecule has 168 valence electrons. The molecule has 0 saturated carbocycles. The van der Waals surface area contributed by atoms with Crippen molar-refractivity contribution in [3.8, 4) is 5.75 Å². The van der Waals surface area contributed by atoms with Gasteiger partial charge in [0, 0.05) is 30.5 Å². The van der Waals surface area contributed by atoms with E-state index in [-0.39, 0.29) is 5.70 Å². The van der Waals surface area contributed by atoms with E-state index in [9.17, 15) is 9.59 Å². The molecule has 0 radical (unpaired) electrons. The number of ether oxygens (including phenoxy) is 1. The van der Waals surface area contributed by atoms with E-state index in [4.69, 9.17) is 16.3 Å². The van der Waals surface area contributed by atoms with Gasteiger partial charge in [-0.1, -0.05) is 23.7 Å². The molecule has 2 amide bonds. The molecule has 1 aliphatic heterocycles. The molecule has 0 aromatic heterocycles. The molecule has 7 heteroatoms. The van der Waals surface area contributed by atoms with Gasteiger partial charge in [0.1, 0.15) is 11.4 Å². The van der Waals surface area contributed by atoms with Crippen LogP contribution in [-0.4, -0.2) is 32.5 Å². The molecular weight excluding hydrogens is 438 g/mol. The lowest BCUT2D eigenvalue weighted by molar-refractivity contribution is -0.120. The highest BCUT2D eigenvalue weighted by Crippen LogP contribution is 2.35. The maximum absolute atomic E-state index is 13.5. The second-order valence-corrected chi connectivity index (χ2v) is 8.13. The molecule has 0 aliphatic carbocycles. The van der Waals surface area contributed by atoms with Crippen LogP contribution in [0, 0.1) is 0 Å². The van der Waals surface area contributed by atoms with Gasteiger partial charge in [0.2, 0.25) is 0 Å². The van der Waals surface area contributed by atoms with Gasteiger partial charge in [0.25, 0.3) is 11.8 Å². The maximum Gasteiger partial charge on any atom is 0.282 e. The summed E-state index contributed by atoms with van der Waals surface area (Å²) in [6.45, 7) is 2.43. The van der Waals surface area contributed by atoms with Gasteiger partial charge in [0.15, 0.2) is 0 Å². The number of nitrogens with zero attached hydrogens (tertiary/aromatic N) is 2. The van der Waals surface area contributed by atoms with E-state index >= 15 is 0 Å². The van der Waals surface area contributed by atoms with Crippen molar-refractivity contribution in [2.45, 2.75) is 6.92 Å². The second-order valence-electron chi connectivity index (χ2n) is 7.70. The lowest BCUT2D eigenvalue weighted by atomic mass is 10.0. The first kappa shape index (κ1) is 22.4. The molecular formula is C26H24ClN3O3. The number of nitrogens with one attached hydrogen (secondary N) is 1. The number of carbonyl (C=O) groups is 2. The third-order valence-electron chi connectivity index (χ3n) is 5.28. The Balaban J connectivity index is 1.73. The zero-order valence-electron chi connectivity index (χ0n) is 18.6. The van der Waals surface area contributed by atoms with Crippen molar-refractivity contribution in [1.29, 1.82) is 0 Å². The van der Waals surface area contributed by atoms with Crippen molar-refractivity contribution in [2.75, 3.05) is 35.8 Å². The Morgan fingerprint density at radius 1 is 0.879 bits per heavy atom. The van der Waals surface area contributed by atoms with Gasteiger partial charge < -0.3 is 15.0 Å². The average molecular weight is 462 g/mol. The van der Waals surface area contributed by atoms with E-state index in [1.54, 1.807) is 48.5 Å². The number of hydrogen-bond acceptors (Lipinski definition) is 5. The summed E-state index contributed by atoms with van der Waals surface area (Å²) in [5.74, 6) is -0.157. The van der Waals surface area contributed by atoms with Gasteiger partial charge in [-0.3, -0.25) is 9.59 Å². The van der Waals surface area contributed by atoms with Crippen LogP contribution in [0.3, 0.4) is 0 Å². The summed E-state index contributed by atoms with van der Waals surface area (Å²) in [6, 6.07) is 21.4. The predicted molar refractivity (Wildman–Crippen MR) is 133 cm³/mol. The summed E-state index contributed by atoms with van der Waals surface area (Å²) in [5, 5.41) is 3.72. The number of imide groups is 1. The summed E-state index contributed by atoms with van der Waals surface area (Å²) in [5.41, 5.74) is 3.32. The number of rotatable bonds is 7. The Bertz CT molecular complexity index is 1200. The Kier molecular flexibility index (Phi) is 6.38. The number of halogens is 1. The quantitative estimate of drug-likeness (QED) is 0.490.